The number of nitrogens with one attached hydrogen (secondary N) is 2. The zero-order valence-corrected chi connectivity index (χ0v) is 11.7. The first-order chi connectivity index (χ1) is 10.00. The monoisotopic (exact) mass is 288 g/mol. The second kappa shape index (κ2) is 4.83. The predicted molar refractivity (Wildman–Crippen MR) is 73.5 cm³/mol. The summed E-state index contributed by atoms with van der Waals surface area (Å²) in [6, 6.07) is 3.09. The van der Waals surface area contributed by atoms with E-state index in [1.165, 1.54) is 0 Å². The fourth-order valence-electron chi connectivity index (χ4n) is 2.75. The second-order valence-electron chi connectivity index (χ2n) is 5.47. The van der Waals surface area contributed by atoms with E-state index in [-0.39, 0.29) is 11.8 Å². The van der Waals surface area contributed by atoms with Crippen LogP contribution in [0, 0.1) is 6.92 Å². The normalized spacial score (nSPS) is 20.3. The lowest BCUT2D eigenvalue weighted by molar-refractivity contribution is -0.125. The number of hydrogen-bond donors (Lipinski definition) is 2. The highest BCUT2D eigenvalue weighted by molar-refractivity contribution is 6.07. The van der Waals surface area contributed by atoms with Gasteiger partial charge in [0.05, 0.1) is 5.56 Å². The van der Waals surface area contributed by atoms with Crippen molar-refractivity contribution in [3.63, 3.8) is 0 Å². The van der Waals surface area contributed by atoms with Crippen LogP contribution in [0.3, 0.4) is 0 Å². The van der Waals surface area contributed by atoms with E-state index in [9.17, 15) is 14.4 Å². The minimum atomic E-state index is -0.848. The Balaban J connectivity index is 1.68. The number of imide groups is 1. The first-order valence-electron chi connectivity index (χ1n) is 6.86. The van der Waals surface area contributed by atoms with Crippen LogP contribution in [0.2, 0.25) is 0 Å². The molecule has 7 heteroatoms. The van der Waals surface area contributed by atoms with Gasteiger partial charge in [-0.05, 0) is 31.9 Å². The van der Waals surface area contributed by atoms with Gasteiger partial charge in [0.2, 0.25) is 0 Å². The molecule has 2 saturated heterocycles. The third kappa shape index (κ3) is 2.35. The lowest BCUT2D eigenvalue weighted by Crippen LogP contribution is -2.55. The highest BCUT2D eigenvalue weighted by atomic mass is 16.2. The predicted octanol–water partition coefficient (Wildman–Crippen LogP) is 0.204. The molecule has 1 spiro atoms. The molecule has 2 aliphatic heterocycles. The molecule has 1 aromatic heterocycles. The number of aryl methyl sites for hydroxylation is 1. The van der Waals surface area contributed by atoms with Crippen molar-refractivity contribution < 1.29 is 14.4 Å². The maximum atomic E-state index is 12.4. The third-order valence-corrected chi connectivity index (χ3v) is 4.08. The van der Waals surface area contributed by atoms with Crippen molar-refractivity contribution in [2.45, 2.75) is 25.3 Å². The average molecular weight is 288 g/mol. The first kappa shape index (κ1) is 13.5. The van der Waals surface area contributed by atoms with Gasteiger partial charge in [0.1, 0.15) is 5.54 Å². The summed E-state index contributed by atoms with van der Waals surface area (Å²) in [7, 11) is 0. The topological polar surface area (TPSA) is 91.4 Å². The van der Waals surface area contributed by atoms with E-state index in [2.05, 4.69) is 15.6 Å². The molecule has 2 N–H and O–H groups in total. The van der Waals surface area contributed by atoms with Crippen molar-refractivity contribution in [1.29, 1.82) is 0 Å². The van der Waals surface area contributed by atoms with Crippen LogP contribution in [0.1, 0.15) is 28.9 Å². The van der Waals surface area contributed by atoms with Gasteiger partial charge in [-0.3, -0.25) is 19.9 Å². The Bertz CT molecular complexity index is 603. The number of amides is 4. The molecule has 110 valence electrons. The molecule has 0 bridgehead atoms. The molecular weight excluding hydrogens is 272 g/mol. The Morgan fingerprint density at radius 2 is 2.00 bits per heavy atom. The van der Waals surface area contributed by atoms with Gasteiger partial charge in [0.15, 0.2) is 0 Å². The van der Waals surface area contributed by atoms with E-state index in [0.29, 0.717) is 31.5 Å². The van der Waals surface area contributed by atoms with Crippen LogP contribution in [0.15, 0.2) is 18.3 Å². The van der Waals surface area contributed by atoms with Gasteiger partial charge in [-0.1, -0.05) is 0 Å². The molecular formula is C14H16N4O3. The zero-order valence-electron chi connectivity index (χ0n) is 11.7. The van der Waals surface area contributed by atoms with E-state index in [1.54, 1.807) is 23.2 Å². The molecule has 0 unspecified atom stereocenters. The SMILES string of the molecule is Cc1ccc(C(=O)N2CCC3(CC2)NC(=O)NC3=O)cn1. The maximum absolute atomic E-state index is 12.4. The number of likely N-dealkylation sites (tertiary alicyclic amines) is 1. The lowest BCUT2D eigenvalue weighted by atomic mass is 9.87. The first-order valence-corrected chi connectivity index (χ1v) is 6.86. The van der Waals surface area contributed by atoms with Gasteiger partial charge in [0.25, 0.3) is 11.8 Å². The smallest absolute Gasteiger partial charge is 0.322 e. The lowest BCUT2D eigenvalue weighted by Gasteiger charge is -2.36. The summed E-state index contributed by atoms with van der Waals surface area (Å²) >= 11 is 0. The molecule has 7 nitrogen and oxygen atoms in total. The van der Waals surface area contributed by atoms with Crippen molar-refractivity contribution in [2.75, 3.05) is 13.1 Å². The van der Waals surface area contributed by atoms with Crippen molar-refractivity contribution in [3.8, 4) is 0 Å². The Hall–Kier alpha value is -2.44. The van der Waals surface area contributed by atoms with E-state index in [1.807, 2.05) is 6.92 Å². The van der Waals surface area contributed by atoms with Crippen LogP contribution >= 0.6 is 0 Å². The van der Waals surface area contributed by atoms with Crippen LogP contribution in [0.25, 0.3) is 0 Å². The minimum absolute atomic E-state index is 0.0953. The van der Waals surface area contributed by atoms with Crippen molar-refractivity contribution in [1.82, 2.24) is 20.5 Å². The summed E-state index contributed by atoms with van der Waals surface area (Å²) in [5.74, 6) is -0.390. The number of hydrogen-bond acceptors (Lipinski definition) is 4. The molecule has 0 aliphatic carbocycles. The Morgan fingerprint density at radius 3 is 2.52 bits per heavy atom. The summed E-state index contributed by atoms with van der Waals surface area (Å²) in [6.07, 6.45) is 2.41. The minimum Gasteiger partial charge on any atom is -0.338 e. The third-order valence-electron chi connectivity index (χ3n) is 4.08. The number of urea groups is 1. The highest BCUT2D eigenvalue weighted by Gasteiger charge is 2.48. The van der Waals surface area contributed by atoms with Crippen molar-refractivity contribution in [3.05, 3.63) is 29.6 Å². The van der Waals surface area contributed by atoms with Gasteiger partial charge in [-0.15, -0.1) is 0 Å². The molecule has 3 heterocycles. The van der Waals surface area contributed by atoms with Crippen LogP contribution in [-0.2, 0) is 4.79 Å². The quantitative estimate of drug-likeness (QED) is 0.722. The fraction of sp³-hybridized carbons (Fsp3) is 0.429. The van der Waals surface area contributed by atoms with Gasteiger partial charge >= 0.3 is 6.03 Å². The molecule has 0 aromatic carbocycles. The molecule has 0 radical (unpaired) electrons. The molecule has 3 rings (SSSR count). The Morgan fingerprint density at radius 1 is 1.29 bits per heavy atom. The molecule has 0 atom stereocenters. The van der Waals surface area contributed by atoms with Gasteiger partial charge in [-0.2, -0.15) is 0 Å². The Labute approximate surface area is 121 Å². The van der Waals surface area contributed by atoms with Crippen molar-refractivity contribution in [2.24, 2.45) is 0 Å². The van der Waals surface area contributed by atoms with Crippen LogP contribution in [-0.4, -0.2) is 46.4 Å². The molecule has 4 amide bonds. The van der Waals surface area contributed by atoms with E-state index in [4.69, 9.17) is 0 Å². The standard InChI is InChI=1S/C14H16N4O3/c1-9-2-3-10(8-15-9)11(19)18-6-4-14(5-7-18)12(20)16-13(21)17-14/h2-3,8H,4-7H2,1H3,(H2,16,17,20,21). The van der Waals surface area contributed by atoms with Crippen LogP contribution in [0.4, 0.5) is 4.79 Å². The number of aromatic nitrogens is 1. The molecule has 2 aliphatic rings. The summed E-state index contributed by atoms with van der Waals surface area (Å²) in [5, 5.41) is 4.93. The number of piperidine rings is 1. The number of nitrogens with zero attached hydrogens (tertiary/aromatic N) is 2. The fourth-order valence-corrected chi connectivity index (χ4v) is 2.75. The molecule has 1 aromatic rings. The number of pyridine rings is 1. The van der Waals surface area contributed by atoms with Crippen LogP contribution < -0.4 is 10.6 Å². The largest absolute Gasteiger partial charge is 0.338 e. The molecule has 2 fully saturated rings. The summed E-state index contributed by atoms with van der Waals surface area (Å²) in [6.45, 7) is 2.72. The second-order valence-corrected chi connectivity index (χ2v) is 5.47. The summed E-state index contributed by atoms with van der Waals surface area (Å²) < 4.78 is 0. The summed E-state index contributed by atoms with van der Waals surface area (Å²) in [4.78, 5) is 41.3. The number of carbonyl (C=O) groups is 3. The van der Waals surface area contributed by atoms with Gasteiger partial charge in [-0.25, -0.2) is 4.79 Å². The van der Waals surface area contributed by atoms with E-state index in [0.717, 1.165) is 5.69 Å². The molecule has 21 heavy (non-hydrogen) atoms. The van der Waals surface area contributed by atoms with E-state index >= 15 is 0 Å². The van der Waals surface area contributed by atoms with E-state index < -0.39 is 11.6 Å². The average Bonchev–Trinajstić information content (AvgIpc) is 2.74. The van der Waals surface area contributed by atoms with Gasteiger partial charge in [0, 0.05) is 25.0 Å². The number of rotatable bonds is 1. The summed E-state index contributed by atoms with van der Waals surface area (Å²) in [5.41, 5.74) is 0.547. The van der Waals surface area contributed by atoms with Crippen molar-refractivity contribution >= 4 is 17.8 Å². The maximum Gasteiger partial charge on any atom is 0.322 e. The highest BCUT2D eigenvalue weighted by Crippen LogP contribution is 2.26. The Kier molecular flexibility index (Phi) is 3.12. The van der Waals surface area contributed by atoms with Crippen LogP contribution in [0.5, 0.6) is 0 Å². The molecule has 0 saturated carbocycles. The zero-order chi connectivity index (χ0) is 15.0. The van der Waals surface area contributed by atoms with Gasteiger partial charge < -0.3 is 10.2 Å². The number of carbonyl (C=O) groups excluding carboxylic acids is 3.